The lowest BCUT2D eigenvalue weighted by Crippen LogP contribution is -2.32. The lowest BCUT2D eigenvalue weighted by atomic mass is 10.3. The molecule has 158 valence electrons. The summed E-state index contributed by atoms with van der Waals surface area (Å²) in [5.41, 5.74) is 0. The molecule has 0 aliphatic carbocycles. The van der Waals surface area contributed by atoms with Crippen molar-refractivity contribution in [3.8, 4) is 11.5 Å². The summed E-state index contributed by atoms with van der Waals surface area (Å²) in [5, 5.41) is 8.70. The first-order valence-corrected chi connectivity index (χ1v) is 10.8. The second kappa shape index (κ2) is 11.1. The number of benzene rings is 2. The van der Waals surface area contributed by atoms with Gasteiger partial charge in [-0.25, -0.2) is 4.98 Å². The number of ether oxygens (including phenoxy) is 2. The van der Waals surface area contributed by atoms with Gasteiger partial charge in [-0.3, -0.25) is 9.89 Å². The third kappa shape index (κ3) is 7.12. The number of nitrogens with zero attached hydrogens (tertiary/aromatic N) is 3. The van der Waals surface area contributed by atoms with Crippen molar-refractivity contribution >= 4 is 40.9 Å². The maximum Gasteiger partial charge on any atom is 0.232 e. The zero-order chi connectivity index (χ0) is 21.3. The van der Waals surface area contributed by atoms with Crippen LogP contribution in [0, 0.1) is 0 Å². The number of H-pyrrole nitrogens is 1. The number of carbonyl (C=O) groups is 1. The maximum atomic E-state index is 12.3. The minimum absolute atomic E-state index is 0.0385. The van der Waals surface area contributed by atoms with Gasteiger partial charge in [-0.15, -0.1) is 5.10 Å². The van der Waals surface area contributed by atoms with Crippen molar-refractivity contribution in [2.24, 2.45) is 0 Å². The van der Waals surface area contributed by atoms with Crippen LogP contribution in [0.25, 0.3) is 0 Å². The molecule has 1 aromatic heterocycles. The molecule has 3 aromatic rings. The zero-order valence-corrected chi connectivity index (χ0v) is 18.5. The zero-order valence-electron chi connectivity index (χ0n) is 16.2. The summed E-state index contributed by atoms with van der Waals surface area (Å²) in [6, 6.07) is 14.2. The van der Waals surface area contributed by atoms with Gasteiger partial charge in [0.05, 0.1) is 12.3 Å². The largest absolute Gasteiger partial charge is 0.492 e. The number of halogens is 2. The van der Waals surface area contributed by atoms with Crippen LogP contribution in [-0.4, -0.2) is 51.9 Å². The van der Waals surface area contributed by atoms with Crippen LogP contribution in [0.3, 0.4) is 0 Å². The first-order chi connectivity index (χ1) is 14.5. The molecule has 0 saturated heterocycles. The van der Waals surface area contributed by atoms with Crippen molar-refractivity contribution in [2.45, 2.75) is 11.8 Å². The van der Waals surface area contributed by atoms with Crippen LogP contribution in [-0.2, 0) is 11.4 Å². The molecule has 0 radical (unpaired) electrons. The Labute approximate surface area is 188 Å². The molecule has 0 atom stereocenters. The van der Waals surface area contributed by atoms with Crippen molar-refractivity contribution in [3.05, 3.63) is 64.4 Å². The number of amides is 1. The predicted molar refractivity (Wildman–Crippen MR) is 117 cm³/mol. The standard InChI is InChI=1S/C20H20Cl2N4O3S/c1-26(10-11-28-16-6-2-14(21)3-7-16)19(27)13-30-20-23-18(24-25-20)12-29-17-8-4-15(22)5-9-17/h2-9H,10-13H2,1H3,(H,23,24,25). The van der Waals surface area contributed by atoms with E-state index in [4.69, 9.17) is 32.7 Å². The van der Waals surface area contributed by atoms with Gasteiger partial charge in [0.1, 0.15) is 24.7 Å². The molecule has 1 N–H and O–H groups in total. The van der Waals surface area contributed by atoms with Crippen molar-refractivity contribution in [2.75, 3.05) is 26.0 Å². The molecule has 7 nitrogen and oxygen atoms in total. The second-order valence-corrected chi connectivity index (χ2v) is 8.03. The Morgan fingerprint density at radius 3 is 2.27 bits per heavy atom. The van der Waals surface area contributed by atoms with Crippen molar-refractivity contribution < 1.29 is 14.3 Å². The predicted octanol–water partition coefficient (Wildman–Crippen LogP) is 4.32. The molecule has 0 aliphatic rings. The van der Waals surface area contributed by atoms with Gasteiger partial charge < -0.3 is 14.4 Å². The molecule has 2 aromatic carbocycles. The van der Waals surface area contributed by atoms with Gasteiger partial charge in [0.15, 0.2) is 5.82 Å². The van der Waals surface area contributed by atoms with Gasteiger partial charge in [0, 0.05) is 17.1 Å². The average Bonchev–Trinajstić information content (AvgIpc) is 3.21. The summed E-state index contributed by atoms with van der Waals surface area (Å²) in [7, 11) is 1.73. The van der Waals surface area contributed by atoms with Gasteiger partial charge in [0.2, 0.25) is 11.1 Å². The van der Waals surface area contributed by atoms with Crippen LogP contribution >= 0.6 is 35.0 Å². The van der Waals surface area contributed by atoms with Crippen LogP contribution in [0.15, 0.2) is 53.7 Å². The van der Waals surface area contributed by atoms with Gasteiger partial charge in [-0.05, 0) is 48.5 Å². The van der Waals surface area contributed by atoms with Crippen LogP contribution in [0.2, 0.25) is 10.0 Å². The van der Waals surface area contributed by atoms with Crippen molar-refractivity contribution in [3.63, 3.8) is 0 Å². The lowest BCUT2D eigenvalue weighted by Gasteiger charge is -2.17. The third-order valence-corrected chi connectivity index (χ3v) is 5.30. The van der Waals surface area contributed by atoms with E-state index in [-0.39, 0.29) is 18.3 Å². The number of carbonyl (C=O) groups excluding carboxylic acids is 1. The van der Waals surface area contributed by atoms with Gasteiger partial charge in [-0.1, -0.05) is 35.0 Å². The second-order valence-electron chi connectivity index (χ2n) is 6.21. The van der Waals surface area contributed by atoms with E-state index in [0.29, 0.717) is 45.7 Å². The monoisotopic (exact) mass is 466 g/mol. The molecule has 0 aliphatic heterocycles. The number of aromatic nitrogens is 3. The Kier molecular flexibility index (Phi) is 8.24. The number of hydrogen-bond donors (Lipinski definition) is 1. The number of aromatic amines is 1. The van der Waals surface area contributed by atoms with Crippen LogP contribution in [0.1, 0.15) is 5.82 Å². The Hall–Kier alpha value is -2.42. The number of nitrogens with one attached hydrogen (secondary N) is 1. The summed E-state index contributed by atoms with van der Waals surface area (Å²) < 4.78 is 11.2. The summed E-state index contributed by atoms with van der Waals surface area (Å²) in [5.74, 6) is 2.16. The number of hydrogen-bond acceptors (Lipinski definition) is 6. The highest BCUT2D eigenvalue weighted by Crippen LogP contribution is 2.18. The molecular weight excluding hydrogens is 447 g/mol. The molecule has 0 saturated carbocycles. The highest BCUT2D eigenvalue weighted by molar-refractivity contribution is 7.99. The average molecular weight is 467 g/mol. The summed E-state index contributed by atoms with van der Waals surface area (Å²) >= 11 is 12.9. The van der Waals surface area contributed by atoms with Crippen LogP contribution < -0.4 is 9.47 Å². The Bertz CT molecular complexity index is 951. The van der Waals surface area contributed by atoms with Crippen molar-refractivity contribution in [1.82, 2.24) is 20.1 Å². The molecule has 0 bridgehead atoms. The Balaban J connectivity index is 1.36. The van der Waals surface area contributed by atoms with E-state index < -0.39 is 0 Å². The summed E-state index contributed by atoms with van der Waals surface area (Å²) in [6.07, 6.45) is 0. The Morgan fingerprint density at radius 2 is 1.63 bits per heavy atom. The van der Waals surface area contributed by atoms with E-state index in [2.05, 4.69) is 15.2 Å². The molecule has 0 spiro atoms. The molecule has 0 fully saturated rings. The lowest BCUT2D eigenvalue weighted by molar-refractivity contribution is -0.127. The fourth-order valence-electron chi connectivity index (χ4n) is 2.28. The molecule has 3 rings (SSSR count). The number of thioether (sulfide) groups is 1. The van der Waals surface area contributed by atoms with Crippen molar-refractivity contribution in [1.29, 1.82) is 0 Å². The molecule has 10 heteroatoms. The Morgan fingerprint density at radius 1 is 1.03 bits per heavy atom. The van der Waals surface area contributed by atoms with E-state index in [1.807, 2.05) is 0 Å². The molecule has 0 unspecified atom stereocenters. The minimum Gasteiger partial charge on any atom is -0.492 e. The molecule has 1 amide bonds. The van der Waals surface area contributed by atoms with Crippen LogP contribution in [0.5, 0.6) is 11.5 Å². The minimum atomic E-state index is -0.0385. The first-order valence-electron chi connectivity index (χ1n) is 9.04. The van der Waals surface area contributed by atoms with E-state index in [9.17, 15) is 4.79 Å². The van der Waals surface area contributed by atoms with E-state index in [1.165, 1.54) is 11.8 Å². The third-order valence-electron chi connectivity index (χ3n) is 3.96. The van der Waals surface area contributed by atoms with E-state index in [0.717, 1.165) is 0 Å². The fourth-order valence-corrected chi connectivity index (χ4v) is 3.29. The highest BCUT2D eigenvalue weighted by Gasteiger charge is 2.12. The topological polar surface area (TPSA) is 80.3 Å². The number of likely N-dealkylation sites (N-methyl/N-ethyl adjacent to an activating group) is 1. The highest BCUT2D eigenvalue weighted by atomic mass is 35.5. The quantitative estimate of drug-likeness (QED) is 0.448. The summed E-state index contributed by atoms with van der Waals surface area (Å²) in [6.45, 7) is 1.10. The van der Waals surface area contributed by atoms with Gasteiger partial charge in [0.25, 0.3) is 0 Å². The SMILES string of the molecule is CN(CCOc1ccc(Cl)cc1)C(=O)CSc1n[nH]c(COc2ccc(Cl)cc2)n1. The molecule has 30 heavy (non-hydrogen) atoms. The number of rotatable bonds is 10. The van der Waals surface area contributed by atoms with E-state index >= 15 is 0 Å². The van der Waals surface area contributed by atoms with Crippen LogP contribution in [0.4, 0.5) is 0 Å². The van der Waals surface area contributed by atoms with E-state index in [1.54, 1.807) is 60.5 Å². The molecule has 1 heterocycles. The van der Waals surface area contributed by atoms with Gasteiger partial charge >= 0.3 is 0 Å². The molecular formula is C20H20Cl2N4O3S. The maximum absolute atomic E-state index is 12.3. The summed E-state index contributed by atoms with van der Waals surface area (Å²) in [4.78, 5) is 18.2. The normalized spacial score (nSPS) is 10.6. The smallest absolute Gasteiger partial charge is 0.232 e. The van der Waals surface area contributed by atoms with Gasteiger partial charge in [-0.2, -0.15) is 0 Å². The fraction of sp³-hybridized carbons (Fsp3) is 0.250. The first kappa shape index (κ1) is 22.3.